The van der Waals surface area contributed by atoms with Crippen LogP contribution in [0.4, 0.5) is 0 Å². The van der Waals surface area contributed by atoms with Gasteiger partial charge in [0.2, 0.25) is 0 Å². The van der Waals surface area contributed by atoms with Crippen molar-refractivity contribution in [3.8, 4) is 5.75 Å². The van der Waals surface area contributed by atoms with Gasteiger partial charge in [-0.2, -0.15) is 0 Å². The summed E-state index contributed by atoms with van der Waals surface area (Å²) in [7, 11) is 5.89. The van der Waals surface area contributed by atoms with Gasteiger partial charge in [0, 0.05) is 36.1 Å². The number of hydrogen-bond donors (Lipinski definition) is 1. The third kappa shape index (κ3) is 3.49. The summed E-state index contributed by atoms with van der Waals surface area (Å²) in [6.07, 6.45) is 2.60. The molecule has 1 N–H and O–H groups in total. The first-order chi connectivity index (χ1) is 13.4. The molecule has 0 unspecified atom stereocenters. The molecule has 3 aliphatic rings. The lowest BCUT2D eigenvalue weighted by molar-refractivity contribution is -0.122. The van der Waals surface area contributed by atoms with Gasteiger partial charge in [-0.1, -0.05) is 6.07 Å². The van der Waals surface area contributed by atoms with Gasteiger partial charge in [-0.3, -0.25) is 9.59 Å². The van der Waals surface area contributed by atoms with E-state index in [2.05, 4.69) is 19.0 Å². The maximum atomic E-state index is 13.2. The Morgan fingerprint density at radius 2 is 2.18 bits per heavy atom. The lowest BCUT2D eigenvalue weighted by Gasteiger charge is -2.30. The van der Waals surface area contributed by atoms with Gasteiger partial charge in [0.15, 0.2) is 0 Å². The van der Waals surface area contributed by atoms with Crippen molar-refractivity contribution in [1.82, 2.24) is 9.80 Å². The highest BCUT2D eigenvalue weighted by Crippen LogP contribution is 2.55. The minimum absolute atomic E-state index is 0.103. The van der Waals surface area contributed by atoms with Crippen molar-refractivity contribution in [1.29, 1.82) is 0 Å². The quantitative estimate of drug-likeness (QED) is 0.791. The molecule has 0 aromatic heterocycles. The maximum Gasteiger partial charge on any atom is 0.290 e. The number of hydrogen-bond acceptors (Lipinski definition) is 5. The normalized spacial score (nSPS) is 30.0. The molecule has 3 fully saturated rings. The van der Waals surface area contributed by atoms with E-state index >= 15 is 0 Å². The van der Waals surface area contributed by atoms with Crippen molar-refractivity contribution in [3.05, 3.63) is 29.3 Å². The topological polar surface area (TPSA) is 79.3 Å². The molecule has 1 amide bonds. The van der Waals surface area contributed by atoms with Crippen LogP contribution in [-0.2, 0) is 9.53 Å². The molecule has 1 spiro atoms. The zero-order chi connectivity index (χ0) is 20.5. The van der Waals surface area contributed by atoms with Crippen LogP contribution in [0.3, 0.4) is 0 Å². The van der Waals surface area contributed by atoms with Crippen LogP contribution in [0.1, 0.15) is 28.8 Å². The second-order valence-electron chi connectivity index (χ2n) is 8.22. The Morgan fingerprint density at radius 3 is 2.82 bits per heavy atom. The van der Waals surface area contributed by atoms with E-state index in [-0.39, 0.29) is 18.0 Å². The molecule has 4 rings (SSSR count). The fourth-order valence-corrected chi connectivity index (χ4v) is 5.25. The van der Waals surface area contributed by atoms with E-state index in [0.717, 1.165) is 49.4 Å². The highest BCUT2D eigenvalue weighted by molar-refractivity contribution is 5.96. The first kappa shape index (κ1) is 20.6. The molecular weight excluding hydrogens is 360 g/mol. The smallest absolute Gasteiger partial charge is 0.290 e. The van der Waals surface area contributed by atoms with E-state index in [1.54, 1.807) is 7.11 Å². The fourth-order valence-electron chi connectivity index (χ4n) is 5.25. The van der Waals surface area contributed by atoms with Crippen molar-refractivity contribution in [2.75, 3.05) is 40.8 Å². The molecule has 3 saturated heterocycles. The third-order valence-corrected chi connectivity index (χ3v) is 6.38. The molecule has 0 aliphatic carbocycles. The minimum Gasteiger partial charge on any atom is -0.496 e. The van der Waals surface area contributed by atoms with Gasteiger partial charge in [0.05, 0.1) is 25.4 Å². The maximum absolute atomic E-state index is 13.2. The number of carbonyl (C=O) groups excluding carboxylic acids is 1. The molecule has 3 heterocycles. The lowest BCUT2D eigenvalue weighted by atomic mass is 9.73. The highest BCUT2D eigenvalue weighted by atomic mass is 16.5. The van der Waals surface area contributed by atoms with Gasteiger partial charge in [0.1, 0.15) is 5.75 Å². The van der Waals surface area contributed by atoms with Crippen LogP contribution >= 0.6 is 0 Å². The van der Waals surface area contributed by atoms with Gasteiger partial charge in [-0.15, -0.1) is 0 Å². The van der Waals surface area contributed by atoms with E-state index in [1.807, 2.05) is 30.0 Å². The molecule has 7 heteroatoms. The zero-order valence-corrected chi connectivity index (χ0v) is 17.1. The van der Waals surface area contributed by atoms with E-state index in [4.69, 9.17) is 19.4 Å². The van der Waals surface area contributed by atoms with Gasteiger partial charge in [-0.25, -0.2) is 0 Å². The largest absolute Gasteiger partial charge is 0.496 e. The van der Waals surface area contributed by atoms with Crippen molar-refractivity contribution < 1.29 is 24.2 Å². The van der Waals surface area contributed by atoms with Gasteiger partial charge >= 0.3 is 0 Å². The highest BCUT2D eigenvalue weighted by Gasteiger charge is 2.63. The summed E-state index contributed by atoms with van der Waals surface area (Å²) in [6.45, 7) is 4.29. The number of carboxylic acid groups (broad SMARTS) is 1. The Hall–Kier alpha value is -2.12. The summed E-state index contributed by atoms with van der Waals surface area (Å²) in [6, 6.07) is 5.70. The van der Waals surface area contributed by atoms with E-state index in [0.29, 0.717) is 17.9 Å². The lowest BCUT2D eigenvalue weighted by Crippen LogP contribution is -2.40. The second kappa shape index (κ2) is 8.09. The van der Waals surface area contributed by atoms with Crippen molar-refractivity contribution >= 4 is 12.4 Å². The number of carbonyl (C=O) groups is 2. The standard InChI is InChI=1S/C20H28N2O3.CH2O2/c1-13-14(6-5-7-17(13)24-4)19(23)22-11-16-15(10-21(2)3)18-8-9-20(16,12-22)25-18;2-1-3/h5-7,15-16,18H,8-12H2,1-4H3;1H,(H,2,3)/t15-,16+,18+,20+;/m0./s1. The number of benzene rings is 1. The molecule has 7 nitrogen and oxygen atoms in total. The number of amides is 1. The number of rotatable bonds is 4. The Balaban J connectivity index is 0.000000706. The molecule has 4 atom stereocenters. The molecule has 154 valence electrons. The monoisotopic (exact) mass is 390 g/mol. The Bertz CT molecular complexity index is 738. The number of fused-ring (bicyclic) bond motifs is 1. The zero-order valence-electron chi connectivity index (χ0n) is 17.1. The van der Waals surface area contributed by atoms with Crippen LogP contribution in [0.5, 0.6) is 5.75 Å². The summed E-state index contributed by atoms with van der Waals surface area (Å²) in [4.78, 5) is 25.8. The van der Waals surface area contributed by atoms with Crippen molar-refractivity contribution in [3.63, 3.8) is 0 Å². The molecular formula is C21H30N2O5. The SMILES string of the molecule is COc1cccc(C(=O)N2C[C@@H]3[C@H](CN(C)C)[C@H]4CC[C@]3(C2)O4)c1C.O=CO. The molecule has 28 heavy (non-hydrogen) atoms. The molecule has 2 bridgehead atoms. The fraction of sp³-hybridized carbons (Fsp3) is 0.619. The van der Waals surface area contributed by atoms with Crippen molar-refractivity contribution in [2.45, 2.75) is 31.5 Å². The summed E-state index contributed by atoms with van der Waals surface area (Å²) < 4.78 is 11.8. The summed E-state index contributed by atoms with van der Waals surface area (Å²) >= 11 is 0. The summed E-state index contributed by atoms with van der Waals surface area (Å²) in [5.74, 6) is 1.87. The average molecular weight is 390 g/mol. The Kier molecular flexibility index (Phi) is 5.95. The first-order valence-corrected chi connectivity index (χ1v) is 9.70. The average Bonchev–Trinajstić information content (AvgIpc) is 3.31. The van der Waals surface area contributed by atoms with E-state index in [1.165, 1.54) is 0 Å². The predicted octanol–water partition coefficient (Wildman–Crippen LogP) is 1.89. The number of likely N-dealkylation sites (tertiary alicyclic amines) is 1. The molecule has 1 aromatic rings. The third-order valence-electron chi connectivity index (χ3n) is 6.38. The van der Waals surface area contributed by atoms with Crippen molar-refractivity contribution in [2.24, 2.45) is 11.8 Å². The van der Waals surface area contributed by atoms with Crippen LogP contribution < -0.4 is 4.74 Å². The number of methoxy groups -OCH3 is 1. The van der Waals surface area contributed by atoms with Gasteiger partial charge < -0.3 is 24.4 Å². The summed E-state index contributed by atoms with van der Waals surface area (Å²) in [5.41, 5.74) is 1.56. The van der Waals surface area contributed by atoms with Crippen LogP contribution in [0, 0.1) is 18.8 Å². The molecule has 0 saturated carbocycles. The molecule has 1 aromatic carbocycles. The second-order valence-corrected chi connectivity index (χ2v) is 8.22. The van der Waals surface area contributed by atoms with Gasteiger partial charge in [-0.05, 0) is 46.0 Å². The van der Waals surface area contributed by atoms with Gasteiger partial charge in [0.25, 0.3) is 12.4 Å². The van der Waals surface area contributed by atoms with Crippen LogP contribution in [-0.4, -0.2) is 79.8 Å². The van der Waals surface area contributed by atoms with Crippen LogP contribution in [0.15, 0.2) is 18.2 Å². The Labute approximate surface area is 166 Å². The molecule has 3 aliphatic heterocycles. The number of ether oxygens (including phenoxy) is 2. The number of nitrogens with zero attached hydrogens (tertiary/aromatic N) is 2. The van der Waals surface area contributed by atoms with Crippen LogP contribution in [0.2, 0.25) is 0 Å². The minimum atomic E-state index is -0.250. The first-order valence-electron chi connectivity index (χ1n) is 9.70. The Morgan fingerprint density at radius 1 is 1.46 bits per heavy atom. The van der Waals surface area contributed by atoms with E-state index in [9.17, 15) is 4.79 Å². The summed E-state index contributed by atoms with van der Waals surface area (Å²) in [5, 5.41) is 6.89. The molecule has 0 radical (unpaired) electrons. The predicted molar refractivity (Wildman–Crippen MR) is 105 cm³/mol. The van der Waals surface area contributed by atoms with E-state index < -0.39 is 0 Å². The van der Waals surface area contributed by atoms with Crippen LogP contribution in [0.25, 0.3) is 0 Å².